The zero-order valence-corrected chi connectivity index (χ0v) is 12.4. The fourth-order valence-electron chi connectivity index (χ4n) is 2.10. The fraction of sp³-hybridized carbons (Fsp3) is 0.0625. The smallest absolute Gasteiger partial charge is 0.325 e. The van der Waals surface area contributed by atoms with E-state index < -0.39 is 5.69 Å². The summed E-state index contributed by atoms with van der Waals surface area (Å²) in [5, 5.41) is 5.60. The molecule has 0 bridgehead atoms. The molecule has 2 N–H and O–H groups in total. The minimum absolute atomic E-state index is 0.126. The SMILES string of the molecule is O=C(CSc1ccnc(=O)[nH]1)Nc1cccc2ccccc12. The molecule has 6 heteroatoms. The van der Waals surface area contributed by atoms with Gasteiger partial charge in [-0.25, -0.2) is 9.78 Å². The van der Waals surface area contributed by atoms with Crippen LogP contribution < -0.4 is 11.0 Å². The van der Waals surface area contributed by atoms with Gasteiger partial charge in [-0.2, -0.15) is 0 Å². The third-order valence-corrected chi connectivity index (χ3v) is 4.03. The van der Waals surface area contributed by atoms with Crippen molar-refractivity contribution in [1.82, 2.24) is 9.97 Å². The number of thioether (sulfide) groups is 1. The number of H-pyrrole nitrogens is 1. The predicted molar refractivity (Wildman–Crippen MR) is 88.2 cm³/mol. The van der Waals surface area contributed by atoms with Gasteiger partial charge in [0.25, 0.3) is 0 Å². The van der Waals surface area contributed by atoms with E-state index in [1.54, 1.807) is 6.07 Å². The Balaban J connectivity index is 1.70. The van der Waals surface area contributed by atoms with E-state index in [1.807, 2.05) is 42.5 Å². The van der Waals surface area contributed by atoms with Crippen LogP contribution in [0.5, 0.6) is 0 Å². The second-order valence-electron chi connectivity index (χ2n) is 4.60. The van der Waals surface area contributed by atoms with E-state index in [1.165, 1.54) is 18.0 Å². The first-order chi connectivity index (χ1) is 10.7. The van der Waals surface area contributed by atoms with Gasteiger partial charge in [-0.15, -0.1) is 0 Å². The molecule has 0 atom stereocenters. The lowest BCUT2D eigenvalue weighted by molar-refractivity contribution is -0.113. The molecule has 0 saturated carbocycles. The highest BCUT2D eigenvalue weighted by Crippen LogP contribution is 2.23. The van der Waals surface area contributed by atoms with E-state index in [2.05, 4.69) is 15.3 Å². The van der Waals surface area contributed by atoms with Crippen LogP contribution in [0.2, 0.25) is 0 Å². The molecule has 2 aromatic carbocycles. The van der Waals surface area contributed by atoms with Crippen LogP contribution in [0.25, 0.3) is 10.8 Å². The van der Waals surface area contributed by atoms with Crippen LogP contribution in [-0.4, -0.2) is 21.6 Å². The van der Waals surface area contributed by atoms with Crippen molar-refractivity contribution in [3.8, 4) is 0 Å². The number of benzene rings is 2. The van der Waals surface area contributed by atoms with Crippen molar-refractivity contribution >= 4 is 34.1 Å². The molecule has 1 heterocycles. The number of rotatable bonds is 4. The number of nitrogens with one attached hydrogen (secondary N) is 2. The minimum Gasteiger partial charge on any atom is -0.325 e. The molecule has 5 nitrogen and oxygen atoms in total. The van der Waals surface area contributed by atoms with Crippen molar-refractivity contribution in [3.05, 3.63) is 65.2 Å². The molecule has 0 radical (unpaired) electrons. The topological polar surface area (TPSA) is 74.8 Å². The second-order valence-corrected chi connectivity index (χ2v) is 5.62. The molecule has 0 aliphatic rings. The number of carbonyl (C=O) groups is 1. The average Bonchev–Trinajstić information content (AvgIpc) is 2.53. The normalized spacial score (nSPS) is 10.5. The number of anilines is 1. The summed E-state index contributed by atoms with van der Waals surface area (Å²) < 4.78 is 0. The molecule has 1 amide bonds. The first kappa shape index (κ1) is 14.3. The molecular formula is C16H13N3O2S. The Labute approximate surface area is 130 Å². The van der Waals surface area contributed by atoms with Gasteiger partial charge < -0.3 is 10.3 Å². The summed E-state index contributed by atoms with van der Waals surface area (Å²) in [4.78, 5) is 29.3. The van der Waals surface area contributed by atoms with E-state index in [0.717, 1.165) is 16.5 Å². The van der Waals surface area contributed by atoms with E-state index in [0.29, 0.717) is 5.03 Å². The van der Waals surface area contributed by atoms with Crippen molar-refractivity contribution in [2.45, 2.75) is 5.03 Å². The molecule has 22 heavy (non-hydrogen) atoms. The number of amides is 1. The average molecular weight is 311 g/mol. The van der Waals surface area contributed by atoms with Gasteiger partial charge in [0.05, 0.1) is 10.8 Å². The van der Waals surface area contributed by atoms with Crippen molar-refractivity contribution < 1.29 is 4.79 Å². The predicted octanol–water partition coefficient (Wildman–Crippen LogP) is 2.65. The molecule has 0 saturated heterocycles. The van der Waals surface area contributed by atoms with E-state index in [4.69, 9.17) is 0 Å². The number of hydrogen-bond donors (Lipinski definition) is 2. The van der Waals surface area contributed by atoms with Crippen LogP contribution in [0, 0.1) is 0 Å². The van der Waals surface area contributed by atoms with Gasteiger partial charge in [-0.1, -0.05) is 48.2 Å². The molecule has 3 rings (SSSR count). The van der Waals surface area contributed by atoms with Crippen LogP contribution >= 0.6 is 11.8 Å². The maximum Gasteiger partial charge on any atom is 0.345 e. The third-order valence-electron chi connectivity index (χ3n) is 3.07. The summed E-state index contributed by atoms with van der Waals surface area (Å²) in [6.45, 7) is 0. The first-order valence-corrected chi connectivity index (χ1v) is 7.67. The highest BCUT2D eigenvalue weighted by Gasteiger charge is 2.06. The van der Waals surface area contributed by atoms with Gasteiger partial charge >= 0.3 is 5.69 Å². The largest absolute Gasteiger partial charge is 0.345 e. The molecule has 3 aromatic rings. The highest BCUT2D eigenvalue weighted by molar-refractivity contribution is 7.99. The van der Waals surface area contributed by atoms with Gasteiger partial charge in [0.2, 0.25) is 5.91 Å². The van der Waals surface area contributed by atoms with Gasteiger partial charge in [-0.05, 0) is 17.5 Å². The number of fused-ring (bicyclic) bond motifs is 1. The fourth-order valence-corrected chi connectivity index (χ4v) is 2.78. The van der Waals surface area contributed by atoms with Crippen LogP contribution in [-0.2, 0) is 4.79 Å². The maximum absolute atomic E-state index is 12.1. The Morgan fingerprint density at radius 1 is 1.14 bits per heavy atom. The Morgan fingerprint density at radius 3 is 2.82 bits per heavy atom. The van der Waals surface area contributed by atoms with E-state index >= 15 is 0 Å². The standard InChI is InChI=1S/C16H13N3O2S/c20-14(10-22-15-8-9-17-16(21)19-15)18-13-7-3-5-11-4-1-2-6-12(11)13/h1-9H,10H2,(H,18,20)(H,17,19,21). The van der Waals surface area contributed by atoms with Gasteiger partial charge in [0.1, 0.15) is 0 Å². The number of nitrogens with zero attached hydrogens (tertiary/aromatic N) is 1. The zero-order chi connectivity index (χ0) is 15.4. The van der Waals surface area contributed by atoms with Crippen LogP contribution in [0.3, 0.4) is 0 Å². The molecule has 0 aliphatic carbocycles. The van der Waals surface area contributed by atoms with Gasteiger partial charge in [0, 0.05) is 17.3 Å². The van der Waals surface area contributed by atoms with Crippen LogP contribution in [0.1, 0.15) is 0 Å². The van der Waals surface area contributed by atoms with E-state index in [-0.39, 0.29) is 11.7 Å². The van der Waals surface area contributed by atoms with Crippen LogP contribution in [0.4, 0.5) is 5.69 Å². The second kappa shape index (κ2) is 6.44. The summed E-state index contributed by atoms with van der Waals surface area (Å²) in [5.74, 6) is 0.0856. The molecule has 110 valence electrons. The zero-order valence-electron chi connectivity index (χ0n) is 11.6. The molecule has 0 aliphatic heterocycles. The molecule has 1 aromatic heterocycles. The van der Waals surface area contributed by atoms with Crippen molar-refractivity contribution in [3.63, 3.8) is 0 Å². The molecule has 0 fully saturated rings. The number of hydrogen-bond acceptors (Lipinski definition) is 4. The van der Waals surface area contributed by atoms with E-state index in [9.17, 15) is 9.59 Å². The summed E-state index contributed by atoms with van der Waals surface area (Å²) in [7, 11) is 0. The Bertz CT molecular complexity index is 871. The molecule has 0 spiro atoms. The quantitative estimate of drug-likeness (QED) is 0.574. The lowest BCUT2D eigenvalue weighted by atomic mass is 10.1. The lowest BCUT2D eigenvalue weighted by Gasteiger charge is -2.08. The number of carbonyl (C=O) groups excluding carboxylic acids is 1. The van der Waals surface area contributed by atoms with Crippen LogP contribution in [0.15, 0.2) is 64.5 Å². The van der Waals surface area contributed by atoms with Crippen molar-refractivity contribution in [2.24, 2.45) is 0 Å². The Hall–Kier alpha value is -2.60. The number of aromatic amines is 1. The lowest BCUT2D eigenvalue weighted by Crippen LogP contribution is -2.15. The summed E-state index contributed by atoms with van der Waals surface area (Å²) >= 11 is 1.26. The van der Waals surface area contributed by atoms with Crippen molar-refractivity contribution in [1.29, 1.82) is 0 Å². The Kier molecular flexibility index (Phi) is 4.20. The summed E-state index contributed by atoms with van der Waals surface area (Å²) in [6.07, 6.45) is 1.42. The minimum atomic E-state index is -0.417. The Morgan fingerprint density at radius 2 is 1.95 bits per heavy atom. The highest BCUT2D eigenvalue weighted by atomic mass is 32.2. The summed E-state index contributed by atoms with van der Waals surface area (Å²) in [6, 6.07) is 15.3. The van der Waals surface area contributed by atoms with Gasteiger partial charge in [-0.3, -0.25) is 4.79 Å². The molecule has 0 unspecified atom stereocenters. The third kappa shape index (κ3) is 3.35. The monoisotopic (exact) mass is 311 g/mol. The maximum atomic E-state index is 12.1. The van der Waals surface area contributed by atoms with Gasteiger partial charge in [0.15, 0.2) is 0 Å². The summed E-state index contributed by atoms with van der Waals surface area (Å²) in [5.41, 5.74) is 0.367. The number of aromatic nitrogens is 2. The molecular weight excluding hydrogens is 298 g/mol. The van der Waals surface area contributed by atoms with Crippen molar-refractivity contribution in [2.75, 3.05) is 11.1 Å². The first-order valence-electron chi connectivity index (χ1n) is 6.68.